The Morgan fingerprint density at radius 1 is 1.37 bits per heavy atom. The second-order valence-corrected chi connectivity index (χ2v) is 4.47. The maximum atomic E-state index is 12.7. The topological polar surface area (TPSA) is 69.6 Å². The maximum Gasteiger partial charge on any atom is 0.326 e. The van der Waals surface area contributed by atoms with E-state index in [9.17, 15) is 14.0 Å². The number of hydrogen-bond acceptors (Lipinski definition) is 2. The van der Waals surface area contributed by atoms with E-state index in [1.165, 1.54) is 17.0 Å². The normalized spacial score (nSPS) is 18.4. The van der Waals surface area contributed by atoms with Crippen molar-refractivity contribution in [1.29, 1.82) is 0 Å². The van der Waals surface area contributed by atoms with Crippen LogP contribution in [0.5, 0.6) is 0 Å². The SMILES string of the molecule is O=C(O)[C@H]1CCCN1C(=O)NCc1ccc(F)cc1. The molecule has 2 N–H and O–H groups in total. The van der Waals surface area contributed by atoms with Crippen LogP contribution in [0.15, 0.2) is 24.3 Å². The number of benzene rings is 1. The molecular formula is C13H15FN2O3. The highest BCUT2D eigenvalue weighted by Crippen LogP contribution is 2.17. The Balaban J connectivity index is 1.90. The molecule has 1 atom stereocenters. The third kappa shape index (κ3) is 3.21. The predicted octanol–water partition coefficient (Wildman–Crippen LogP) is 1.58. The van der Waals surface area contributed by atoms with Gasteiger partial charge in [0.25, 0.3) is 0 Å². The van der Waals surface area contributed by atoms with Gasteiger partial charge in [0, 0.05) is 13.1 Å². The molecule has 19 heavy (non-hydrogen) atoms. The quantitative estimate of drug-likeness (QED) is 0.872. The molecule has 102 valence electrons. The van der Waals surface area contributed by atoms with Gasteiger partial charge in [0.15, 0.2) is 0 Å². The Bertz CT molecular complexity index is 475. The first kappa shape index (κ1) is 13.3. The van der Waals surface area contributed by atoms with E-state index in [0.29, 0.717) is 19.4 Å². The number of amides is 2. The van der Waals surface area contributed by atoms with Gasteiger partial charge < -0.3 is 15.3 Å². The van der Waals surface area contributed by atoms with E-state index in [1.807, 2.05) is 0 Å². The van der Waals surface area contributed by atoms with Crippen molar-refractivity contribution >= 4 is 12.0 Å². The first-order valence-corrected chi connectivity index (χ1v) is 6.09. The van der Waals surface area contributed by atoms with Crippen LogP contribution in [0.3, 0.4) is 0 Å². The number of halogens is 1. The van der Waals surface area contributed by atoms with E-state index in [1.54, 1.807) is 12.1 Å². The lowest BCUT2D eigenvalue weighted by Crippen LogP contribution is -2.45. The minimum Gasteiger partial charge on any atom is -0.480 e. The number of carbonyl (C=O) groups excluding carboxylic acids is 1. The standard InChI is InChI=1S/C13H15FN2O3/c14-10-5-3-9(4-6-10)8-15-13(19)16-7-1-2-11(16)12(17)18/h3-6,11H,1-2,7-8H2,(H,15,19)(H,17,18)/t11-/m1/s1. The van der Waals surface area contributed by atoms with Crippen LogP contribution in [0.25, 0.3) is 0 Å². The Labute approximate surface area is 110 Å². The van der Waals surface area contributed by atoms with Gasteiger partial charge in [-0.1, -0.05) is 12.1 Å². The monoisotopic (exact) mass is 266 g/mol. The van der Waals surface area contributed by atoms with Gasteiger partial charge in [-0.25, -0.2) is 14.0 Å². The average Bonchev–Trinajstić information content (AvgIpc) is 2.87. The first-order valence-electron chi connectivity index (χ1n) is 6.09. The fraction of sp³-hybridized carbons (Fsp3) is 0.385. The smallest absolute Gasteiger partial charge is 0.326 e. The third-order valence-corrected chi connectivity index (χ3v) is 3.16. The highest BCUT2D eigenvalue weighted by atomic mass is 19.1. The van der Waals surface area contributed by atoms with Crippen LogP contribution in [0.2, 0.25) is 0 Å². The molecule has 1 heterocycles. The summed E-state index contributed by atoms with van der Waals surface area (Å²) in [6.45, 7) is 0.703. The van der Waals surface area contributed by atoms with Gasteiger partial charge in [0.1, 0.15) is 11.9 Å². The number of aliphatic carboxylic acids is 1. The summed E-state index contributed by atoms with van der Waals surface area (Å²) in [5, 5.41) is 11.6. The fourth-order valence-corrected chi connectivity index (χ4v) is 2.15. The van der Waals surface area contributed by atoms with E-state index < -0.39 is 18.0 Å². The lowest BCUT2D eigenvalue weighted by molar-refractivity contribution is -0.141. The summed E-state index contributed by atoms with van der Waals surface area (Å²) in [7, 11) is 0. The van der Waals surface area contributed by atoms with Crippen LogP contribution < -0.4 is 5.32 Å². The molecule has 2 rings (SSSR count). The molecule has 0 spiro atoms. The van der Waals surface area contributed by atoms with Crippen molar-refractivity contribution in [3.63, 3.8) is 0 Å². The van der Waals surface area contributed by atoms with E-state index >= 15 is 0 Å². The number of rotatable bonds is 3. The number of carboxylic acid groups (broad SMARTS) is 1. The first-order chi connectivity index (χ1) is 9.08. The van der Waals surface area contributed by atoms with E-state index in [0.717, 1.165) is 5.56 Å². The second-order valence-electron chi connectivity index (χ2n) is 4.47. The van der Waals surface area contributed by atoms with Gasteiger partial charge in [0.05, 0.1) is 0 Å². The summed E-state index contributed by atoms with van der Waals surface area (Å²) in [5.74, 6) is -1.31. The Hall–Kier alpha value is -2.11. The third-order valence-electron chi connectivity index (χ3n) is 3.16. The van der Waals surface area contributed by atoms with Gasteiger partial charge >= 0.3 is 12.0 Å². The van der Waals surface area contributed by atoms with Crippen molar-refractivity contribution in [2.45, 2.75) is 25.4 Å². The number of nitrogens with zero attached hydrogens (tertiary/aromatic N) is 1. The Morgan fingerprint density at radius 2 is 2.05 bits per heavy atom. The molecule has 1 aliphatic rings. The van der Waals surface area contributed by atoms with Crippen LogP contribution in [0.1, 0.15) is 18.4 Å². The molecule has 2 amide bonds. The molecule has 1 aliphatic heterocycles. The number of urea groups is 1. The highest BCUT2D eigenvalue weighted by Gasteiger charge is 2.33. The zero-order valence-corrected chi connectivity index (χ0v) is 10.3. The number of likely N-dealkylation sites (tertiary alicyclic amines) is 1. The molecule has 1 saturated heterocycles. The van der Waals surface area contributed by atoms with Crippen LogP contribution in [0.4, 0.5) is 9.18 Å². The van der Waals surface area contributed by atoms with Gasteiger partial charge in [-0.05, 0) is 30.5 Å². The Kier molecular flexibility index (Phi) is 3.99. The predicted molar refractivity (Wildman–Crippen MR) is 66.0 cm³/mol. The Morgan fingerprint density at radius 3 is 2.68 bits per heavy atom. The van der Waals surface area contributed by atoms with Crippen LogP contribution >= 0.6 is 0 Å². The lowest BCUT2D eigenvalue weighted by atomic mass is 10.2. The molecule has 0 bridgehead atoms. The van der Waals surface area contributed by atoms with Crippen molar-refractivity contribution in [1.82, 2.24) is 10.2 Å². The number of carboxylic acids is 1. The molecule has 0 unspecified atom stereocenters. The fourth-order valence-electron chi connectivity index (χ4n) is 2.15. The van der Waals surface area contributed by atoms with Crippen LogP contribution in [-0.2, 0) is 11.3 Å². The molecule has 5 nitrogen and oxygen atoms in total. The van der Waals surface area contributed by atoms with Gasteiger partial charge in [-0.2, -0.15) is 0 Å². The lowest BCUT2D eigenvalue weighted by Gasteiger charge is -2.21. The van der Waals surface area contributed by atoms with Crippen molar-refractivity contribution in [3.8, 4) is 0 Å². The zero-order chi connectivity index (χ0) is 13.8. The average molecular weight is 266 g/mol. The largest absolute Gasteiger partial charge is 0.480 e. The number of nitrogens with one attached hydrogen (secondary N) is 1. The van der Waals surface area contributed by atoms with Crippen LogP contribution in [-0.4, -0.2) is 34.6 Å². The molecular weight excluding hydrogens is 251 g/mol. The van der Waals surface area contributed by atoms with Crippen molar-refractivity contribution in [3.05, 3.63) is 35.6 Å². The van der Waals surface area contributed by atoms with Gasteiger partial charge in [-0.15, -0.1) is 0 Å². The minimum atomic E-state index is -0.977. The summed E-state index contributed by atoms with van der Waals surface area (Å²) >= 11 is 0. The van der Waals surface area contributed by atoms with Crippen molar-refractivity contribution in [2.75, 3.05) is 6.54 Å². The number of carbonyl (C=O) groups is 2. The maximum absolute atomic E-state index is 12.7. The molecule has 6 heteroatoms. The van der Waals surface area contributed by atoms with E-state index in [2.05, 4.69) is 5.32 Å². The molecule has 0 saturated carbocycles. The minimum absolute atomic E-state index is 0.252. The van der Waals surface area contributed by atoms with Crippen LogP contribution in [0, 0.1) is 5.82 Å². The summed E-state index contributed by atoms with van der Waals surface area (Å²) < 4.78 is 12.7. The van der Waals surface area contributed by atoms with Gasteiger partial charge in [0.2, 0.25) is 0 Å². The molecule has 1 fully saturated rings. The molecule has 1 aromatic carbocycles. The highest BCUT2D eigenvalue weighted by molar-refractivity contribution is 5.83. The molecule has 0 aromatic heterocycles. The molecule has 0 radical (unpaired) electrons. The van der Waals surface area contributed by atoms with E-state index in [4.69, 9.17) is 5.11 Å². The van der Waals surface area contributed by atoms with E-state index in [-0.39, 0.29) is 12.4 Å². The zero-order valence-electron chi connectivity index (χ0n) is 10.3. The number of hydrogen-bond donors (Lipinski definition) is 2. The molecule has 0 aliphatic carbocycles. The second kappa shape index (κ2) is 5.69. The van der Waals surface area contributed by atoms with Crippen molar-refractivity contribution < 1.29 is 19.1 Å². The summed E-state index contributed by atoms with van der Waals surface area (Å²) in [4.78, 5) is 24.2. The van der Waals surface area contributed by atoms with Gasteiger partial charge in [-0.3, -0.25) is 0 Å². The summed E-state index contributed by atoms with van der Waals surface area (Å²) in [5.41, 5.74) is 0.765. The van der Waals surface area contributed by atoms with Crippen molar-refractivity contribution in [2.24, 2.45) is 0 Å². The molecule has 1 aromatic rings. The summed E-state index contributed by atoms with van der Waals surface area (Å²) in [6, 6.07) is 4.65. The summed E-state index contributed by atoms with van der Waals surface area (Å²) in [6.07, 6.45) is 1.18.